The molecule has 1 rings (SSSR count). The maximum Gasteiger partial charge on any atom is 0.333 e. The van der Waals surface area contributed by atoms with Crippen molar-refractivity contribution in [1.29, 1.82) is 0 Å². The zero-order valence-electron chi connectivity index (χ0n) is 12.6. The molecule has 0 bridgehead atoms. The van der Waals surface area contributed by atoms with Crippen molar-refractivity contribution in [2.75, 3.05) is 7.05 Å². The fourth-order valence-electron chi connectivity index (χ4n) is 1.87. The number of aliphatic carboxylic acids is 1. The van der Waals surface area contributed by atoms with Crippen LogP contribution in [0.25, 0.3) is 0 Å². The van der Waals surface area contributed by atoms with Crippen LogP contribution in [0.1, 0.15) is 37.3 Å². The van der Waals surface area contributed by atoms with Crippen LogP contribution in [0.2, 0.25) is 0 Å². The molecule has 8 heteroatoms. The van der Waals surface area contributed by atoms with Crippen LogP contribution in [-0.4, -0.2) is 44.3 Å². The van der Waals surface area contributed by atoms with Gasteiger partial charge >= 0.3 is 12.5 Å². The molecule has 0 aliphatic rings. The van der Waals surface area contributed by atoms with Gasteiger partial charge in [0.1, 0.15) is 5.54 Å². The summed E-state index contributed by atoms with van der Waals surface area (Å²) in [5.74, 6) is -1.61. The second kappa shape index (κ2) is 5.79. The van der Waals surface area contributed by atoms with Gasteiger partial charge in [0, 0.05) is 18.3 Å². The molecule has 0 aliphatic carbocycles. The summed E-state index contributed by atoms with van der Waals surface area (Å²) in [5, 5.41) is 12.8. The SMILES string of the molecule is Cc1nn(C(F)F)c(C)c1CC(=O)N(C)C(C)(C)C(=O)O. The number of carbonyl (C=O) groups is 2. The third-order valence-electron chi connectivity index (χ3n) is 3.72. The number of rotatable bonds is 5. The molecule has 1 aromatic heterocycles. The minimum absolute atomic E-state index is 0.169. The van der Waals surface area contributed by atoms with E-state index in [-0.39, 0.29) is 12.1 Å². The maximum absolute atomic E-state index is 12.7. The lowest BCUT2D eigenvalue weighted by Gasteiger charge is -2.31. The lowest BCUT2D eigenvalue weighted by atomic mass is 10.0. The molecule has 0 spiro atoms. The van der Waals surface area contributed by atoms with E-state index in [1.165, 1.54) is 34.7 Å². The highest BCUT2D eigenvalue weighted by Gasteiger charge is 2.35. The molecule has 0 saturated carbocycles. The summed E-state index contributed by atoms with van der Waals surface area (Å²) in [5.41, 5.74) is -0.439. The van der Waals surface area contributed by atoms with Crippen LogP contribution >= 0.6 is 0 Å². The summed E-state index contributed by atoms with van der Waals surface area (Å²) in [7, 11) is 1.37. The summed E-state index contributed by atoms with van der Waals surface area (Å²) in [4.78, 5) is 24.4. The third-order valence-corrected chi connectivity index (χ3v) is 3.72. The third kappa shape index (κ3) is 3.20. The number of likely N-dealkylation sites (N-methyl/N-ethyl adjacent to an activating group) is 1. The Bertz CT molecular complexity index is 567. The Morgan fingerprint density at radius 2 is 1.90 bits per heavy atom. The molecule has 1 N–H and O–H groups in total. The van der Waals surface area contributed by atoms with Gasteiger partial charge in [0.15, 0.2) is 0 Å². The predicted octanol–water partition coefficient (Wildman–Crippen LogP) is 1.76. The number of halogens is 2. The normalized spacial score (nSPS) is 11.8. The number of carboxylic acid groups (broad SMARTS) is 1. The zero-order valence-corrected chi connectivity index (χ0v) is 12.6. The lowest BCUT2D eigenvalue weighted by molar-refractivity contribution is -0.155. The highest BCUT2D eigenvalue weighted by molar-refractivity contribution is 5.87. The average Bonchev–Trinajstić information content (AvgIpc) is 2.65. The van der Waals surface area contributed by atoms with E-state index in [1.807, 2.05) is 0 Å². The molecule has 0 aromatic carbocycles. The van der Waals surface area contributed by atoms with Crippen molar-refractivity contribution >= 4 is 11.9 Å². The van der Waals surface area contributed by atoms with Gasteiger partial charge in [-0.2, -0.15) is 13.9 Å². The summed E-state index contributed by atoms with van der Waals surface area (Å²) >= 11 is 0. The Morgan fingerprint density at radius 1 is 1.38 bits per heavy atom. The fraction of sp³-hybridized carbons (Fsp3) is 0.615. The summed E-state index contributed by atoms with van der Waals surface area (Å²) in [6.45, 7) is 3.01. The molecular formula is C13H19F2N3O3. The Labute approximate surface area is 121 Å². The molecule has 0 aliphatic heterocycles. The van der Waals surface area contributed by atoms with E-state index < -0.39 is 24.0 Å². The first-order valence-corrected chi connectivity index (χ1v) is 6.33. The van der Waals surface area contributed by atoms with Crippen LogP contribution in [0.4, 0.5) is 8.78 Å². The van der Waals surface area contributed by atoms with E-state index in [4.69, 9.17) is 5.11 Å². The zero-order chi connectivity index (χ0) is 16.5. The van der Waals surface area contributed by atoms with E-state index in [1.54, 1.807) is 0 Å². The molecule has 118 valence electrons. The standard InChI is InChI=1S/C13H19F2N3O3/c1-7-9(8(2)18(16-7)12(14)15)6-10(19)17(5)13(3,4)11(20)21/h12H,6H2,1-5H3,(H,20,21). The van der Waals surface area contributed by atoms with Gasteiger partial charge in [-0.15, -0.1) is 0 Å². The van der Waals surface area contributed by atoms with Crippen LogP contribution < -0.4 is 0 Å². The van der Waals surface area contributed by atoms with Crippen LogP contribution in [0.5, 0.6) is 0 Å². The molecule has 1 amide bonds. The molecular weight excluding hydrogens is 284 g/mol. The van der Waals surface area contributed by atoms with Gasteiger partial charge in [-0.3, -0.25) is 4.79 Å². The van der Waals surface area contributed by atoms with Gasteiger partial charge in [-0.25, -0.2) is 9.48 Å². The average molecular weight is 303 g/mol. The monoisotopic (exact) mass is 303 g/mol. The molecule has 1 heterocycles. The van der Waals surface area contributed by atoms with Crippen molar-refractivity contribution in [2.45, 2.75) is 46.2 Å². The van der Waals surface area contributed by atoms with Crippen molar-refractivity contribution in [3.63, 3.8) is 0 Å². The minimum Gasteiger partial charge on any atom is -0.480 e. The molecule has 0 atom stereocenters. The molecule has 21 heavy (non-hydrogen) atoms. The first-order valence-electron chi connectivity index (χ1n) is 6.33. The Hall–Kier alpha value is -1.99. The lowest BCUT2D eigenvalue weighted by Crippen LogP contribution is -2.51. The van der Waals surface area contributed by atoms with Gasteiger partial charge in [0.05, 0.1) is 12.1 Å². The maximum atomic E-state index is 12.7. The van der Waals surface area contributed by atoms with E-state index >= 15 is 0 Å². The number of carbonyl (C=O) groups excluding carboxylic acids is 1. The largest absolute Gasteiger partial charge is 0.480 e. The summed E-state index contributed by atoms with van der Waals surface area (Å²) in [6.07, 6.45) is -0.169. The van der Waals surface area contributed by atoms with Gasteiger partial charge < -0.3 is 10.0 Å². The van der Waals surface area contributed by atoms with Gasteiger partial charge in [0.25, 0.3) is 0 Å². The Balaban J connectivity index is 3.02. The van der Waals surface area contributed by atoms with Crippen molar-refractivity contribution in [3.05, 3.63) is 17.0 Å². The number of aromatic nitrogens is 2. The Kier molecular flexibility index (Phi) is 4.70. The van der Waals surface area contributed by atoms with Crippen LogP contribution in [-0.2, 0) is 16.0 Å². The number of carboxylic acids is 1. The molecule has 1 aromatic rings. The van der Waals surface area contributed by atoms with E-state index in [0.717, 1.165) is 4.90 Å². The number of alkyl halides is 2. The van der Waals surface area contributed by atoms with Crippen LogP contribution in [0.3, 0.4) is 0 Å². The van der Waals surface area contributed by atoms with E-state index in [9.17, 15) is 18.4 Å². The topological polar surface area (TPSA) is 75.4 Å². The molecule has 0 saturated heterocycles. The highest BCUT2D eigenvalue weighted by atomic mass is 19.3. The van der Waals surface area contributed by atoms with E-state index in [2.05, 4.69) is 5.10 Å². The van der Waals surface area contributed by atoms with E-state index in [0.29, 0.717) is 15.9 Å². The first-order chi connectivity index (χ1) is 9.50. The Morgan fingerprint density at radius 3 is 2.29 bits per heavy atom. The summed E-state index contributed by atoms with van der Waals surface area (Å²) < 4.78 is 26.0. The summed E-state index contributed by atoms with van der Waals surface area (Å²) in [6, 6.07) is 0. The minimum atomic E-state index is -2.78. The van der Waals surface area contributed by atoms with Gasteiger partial charge in [-0.1, -0.05) is 0 Å². The number of hydrogen-bond acceptors (Lipinski definition) is 3. The first kappa shape index (κ1) is 17.1. The van der Waals surface area contributed by atoms with Gasteiger partial charge in [-0.05, 0) is 27.7 Å². The van der Waals surface area contributed by atoms with Crippen molar-refractivity contribution in [3.8, 4) is 0 Å². The van der Waals surface area contributed by atoms with Crippen LogP contribution in [0.15, 0.2) is 0 Å². The molecule has 0 unspecified atom stereocenters. The quantitative estimate of drug-likeness (QED) is 0.899. The van der Waals surface area contributed by atoms with Crippen molar-refractivity contribution in [2.24, 2.45) is 0 Å². The number of amides is 1. The number of nitrogens with zero attached hydrogens (tertiary/aromatic N) is 3. The second-order valence-corrected chi connectivity index (χ2v) is 5.37. The molecule has 0 fully saturated rings. The number of aryl methyl sites for hydroxylation is 1. The number of hydrogen-bond donors (Lipinski definition) is 1. The highest BCUT2D eigenvalue weighted by Crippen LogP contribution is 2.21. The molecule has 6 nitrogen and oxygen atoms in total. The smallest absolute Gasteiger partial charge is 0.333 e. The van der Waals surface area contributed by atoms with Gasteiger partial charge in [0.2, 0.25) is 5.91 Å². The fourth-order valence-corrected chi connectivity index (χ4v) is 1.87. The van der Waals surface area contributed by atoms with Crippen molar-refractivity contribution in [1.82, 2.24) is 14.7 Å². The van der Waals surface area contributed by atoms with Crippen LogP contribution in [0, 0.1) is 13.8 Å². The predicted molar refractivity (Wildman–Crippen MR) is 71.1 cm³/mol. The second-order valence-electron chi connectivity index (χ2n) is 5.37. The molecule has 0 radical (unpaired) electrons. The van der Waals surface area contributed by atoms with Crippen molar-refractivity contribution < 1.29 is 23.5 Å².